The second kappa shape index (κ2) is 12.1. The van der Waals surface area contributed by atoms with Gasteiger partial charge in [-0.3, -0.25) is 5.32 Å². The van der Waals surface area contributed by atoms with Gasteiger partial charge in [-0.15, -0.1) is 0 Å². The minimum atomic E-state index is -4.46. The molecule has 5 aromatic rings. The lowest BCUT2D eigenvalue weighted by Crippen LogP contribution is -2.21. The van der Waals surface area contributed by atoms with Crippen LogP contribution in [0.4, 0.5) is 29.5 Å². The maximum Gasteiger partial charge on any atom is 0.416 e. The number of hydrogen-bond donors (Lipinski definition) is 2. The monoisotopic (exact) mass is 622 g/mol. The minimum absolute atomic E-state index is 0.301. The molecular formula is C31H29F3N6O3S. The summed E-state index contributed by atoms with van der Waals surface area (Å²) in [5, 5.41) is 11.6. The number of benzene rings is 3. The van der Waals surface area contributed by atoms with Crippen LogP contribution in [0.3, 0.4) is 0 Å². The van der Waals surface area contributed by atoms with Crippen LogP contribution in [0.1, 0.15) is 32.0 Å². The number of ether oxygens (including phenoxy) is 2. The number of alkyl halides is 3. The lowest BCUT2D eigenvalue weighted by Gasteiger charge is -2.14. The van der Waals surface area contributed by atoms with Crippen molar-refractivity contribution in [2.75, 3.05) is 24.9 Å². The zero-order valence-corrected chi connectivity index (χ0v) is 25.3. The third-order valence-corrected chi connectivity index (χ3v) is 7.58. The summed E-state index contributed by atoms with van der Waals surface area (Å²) < 4.78 is 51.6. The highest BCUT2D eigenvalue weighted by Gasteiger charge is 2.30. The van der Waals surface area contributed by atoms with Crippen molar-refractivity contribution in [2.45, 2.75) is 42.3 Å². The van der Waals surface area contributed by atoms with Crippen LogP contribution in [0.25, 0.3) is 16.6 Å². The van der Waals surface area contributed by atoms with Gasteiger partial charge in [-0.05, 0) is 48.5 Å². The maximum absolute atomic E-state index is 13.1. The minimum Gasteiger partial charge on any atom is -0.493 e. The van der Waals surface area contributed by atoms with Crippen LogP contribution >= 0.6 is 11.8 Å². The first-order valence-corrected chi connectivity index (χ1v) is 14.2. The first kappa shape index (κ1) is 30.7. The van der Waals surface area contributed by atoms with Crippen molar-refractivity contribution in [3.05, 3.63) is 84.3 Å². The molecule has 0 spiro atoms. The number of halogens is 3. The first-order valence-electron chi connectivity index (χ1n) is 13.4. The molecule has 0 unspecified atom stereocenters. The summed E-state index contributed by atoms with van der Waals surface area (Å²) in [5.41, 5.74) is 1.07. The fraction of sp³-hybridized carbons (Fsp3) is 0.226. The van der Waals surface area contributed by atoms with Gasteiger partial charge in [-0.25, -0.2) is 19.4 Å². The Morgan fingerprint density at radius 3 is 2.25 bits per heavy atom. The number of carbonyl (C=O) groups excluding carboxylic acids is 1. The van der Waals surface area contributed by atoms with E-state index in [1.165, 1.54) is 34.9 Å². The molecule has 228 valence electrons. The fourth-order valence-electron chi connectivity index (χ4n) is 4.29. The van der Waals surface area contributed by atoms with Gasteiger partial charge in [-0.2, -0.15) is 18.3 Å². The van der Waals surface area contributed by atoms with Gasteiger partial charge in [0.25, 0.3) is 0 Å². The first-order chi connectivity index (χ1) is 20.9. The predicted octanol–water partition coefficient (Wildman–Crippen LogP) is 7.94. The van der Waals surface area contributed by atoms with Crippen LogP contribution in [-0.4, -0.2) is 40.0 Å². The Kier molecular flexibility index (Phi) is 8.42. The van der Waals surface area contributed by atoms with Gasteiger partial charge >= 0.3 is 12.2 Å². The standard InChI is InChI=1S/C31H29F3N6O3S/c1-30(2,3)26-16-27(40(39-26)20-11-9-18(10-12-20)31(32,33)34)38-29(41)37-19-7-6-8-21(13-19)44-28-22-14-24(42-4)25(43-5)15-23(22)35-17-36-28/h6-17H,1-5H3,(H2,37,38,41). The quantitative estimate of drug-likeness (QED) is 0.178. The van der Waals surface area contributed by atoms with E-state index in [-0.39, 0.29) is 5.41 Å². The van der Waals surface area contributed by atoms with E-state index in [1.807, 2.05) is 32.9 Å². The van der Waals surface area contributed by atoms with Crippen molar-refractivity contribution in [3.8, 4) is 17.2 Å². The van der Waals surface area contributed by atoms with Gasteiger partial charge < -0.3 is 14.8 Å². The van der Waals surface area contributed by atoms with Crippen LogP contribution in [-0.2, 0) is 11.6 Å². The van der Waals surface area contributed by atoms with E-state index in [4.69, 9.17) is 9.47 Å². The number of hydrogen-bond acceptors (Lipinski definition) is 7. The van der Waals surface area contributed by atoms with E-state index >= 15 is 0 Å². The molecule has 0 saturated carbocycles. The Labute approximate surface area is 255 Å². The van der Waals surface area contributed by atoms with Gasteiger partial charge in [-0.1, -0.05) is 38.6 Å². The Balaban J connectivity index is 1.37. The third-order valence-electron chi connectivity index (χ3n) is 6.57. The molecule has 13 heteroatoms. The Morgan fingerprint density at radius 2 is 1.59 bits per heavy atom. The number of nitrogens with one attached hydrogen (secondary N) is 2. The highest BCUT2D eigenvalue weighted by atomic mass is 32.2. The molecule has 0 aliphatic rings. The summed E-state index contributed by atoms with van der Waals surface area (Å²) in [6, 6.07) is 16.6. The van der Waals surface area contributed by atoms with Crippen molar-refractivity contribution in [2.24, 2.45) is 0 Å². The lowest BCUT2D eigenvalue weighted by atomic mass is 9.92. The number of fused-ring (bicyclic) bond motifs is 1. The van der Waals surface area contributed by atoms with E-state index in [2.05, 4.69) is 25.7 Å². The molecule has 2 N–H and O–H groups in total. The summed E-state index contributed by atoms with van der Waals surface area (Å²) in [4.78, 5) is 22.7. The summed E-state index contributed by atoms with van der Waals surface area (Å²) in [6.45, 7) is 5.85. The maximum atomic E-state index is 13.1. The average molecular weight is 623 g/mol. The molecule has 9 nitrogen and oxygen atoms in total. The Hall–Kier alpha value is -4.78. The van der Waals surface area contributed by atoms with E-state index in [1.54, 1.807) is 44.6 Å². The topological polar surface area (TPSA) is 103 Å². The van der Waals surface area contributed by atoms with Gasteiger partial charge in [0.15, 0.2) is 11.5 Å². The number of methoxy groups -OCH3 is 2. The van der Waals surface area contributed by atoms with Crippen LogP contribution in [0.15, 0.2) is 83.0 Å². The SMILES string of the molecule is COc1cc2ncnc(Sc3cccc(NC(=O)Nc4cc(C(C)(C)C)nn4-c4ccc(C(F)(F)F)cc4)c3)c2cc1OC. The molecule has 2 aromatic heterocycles. The fourth-order valence-corrected chi connectivity index (χ4v) is 5.22. The van der Waals surface area contributed by atoms with E-state index in [0.29, 0.717) is 44.9 Å². The largest absolute Gasteiger partial charge is 0.493 e. The Bertz CT molecular complexity index is 1820. The van der Waals surface area contributed by atoms with Gasteiger partial charge in [0.1, 0.15) is 17.2 Å². The summed E-state index contributed by atoms with van der Waals surface area (Å²) >= 11 is 1.39. The van der Waals surface area contributed by atoms with Gasteiger partial charge in [0.2, 0.25) is 0 Å². The molecule has 44 heavy (non-hydrogen) atoms. The van der Waals surface area contributed by atoms with Crippen molar-refractivity contribution in [3.63, 3.8) is 0 Å². The predicted molar refractivity (Wildman–Crippen MR) is 163 cm³/mol. The average Bonchev–Trinajstić information content (AvgIpc) is 3.40. The third kappa shape index (κ3) is 6.72. The normalized spacial score (nSPS) is 11.8. The van der Waals surface area contributed by atoms with Crippen LogP contribution in [0.5, 0.6) is 11.5 Å². The molecule has 0 fully saturated rings. The van der Waals surface area contributed by atoms with E-state index in [0.717, 1.165) is 22.4 Å². The van der Waals surface area contributed by atoms with Crippen molar-refractivity contribution >= 4 is 40.2 Å². The van der Waals surface area contributed by atoms with Crippen molar-refractivity contribution in [1.29, 1.82) is 0 Å². The van der Waals surface area contributed by atoms with Crippen molar-refractivity contribution in [1.82, 2.24) is 19.7 Å². The second-order valence-electron chi connectivity index (χ2n) is 10.7. The van der Waals surface area contributed by atoms with Crippen molar-refractivity contribution < 1.29 is 27.4 Å². The molecular weight excluding hydrogens is 593 g/mol. The van der Waals surface area contributed by atoms with Gasteiger partial charge in [0.05, 0.1) is 36.7 Å². The van der Waals surface area contributed by atoms with E-state index < -0.39 is 17.8 Å². The molecule has 3 aromatic carbocycles. The molecule has 2 heterocycles. The molecule has 0 bridgehead atoms. The second-order valence-corrected chi connectivity index (χ2v) is 11.8. The van der Waals surface area contributed by atoms with Crippen LogP contribution < -0.4 is 20.1 Å². The highest BCUT2D eigenvalue weighted by Crippen LogP contribution is 2.38. The lowest BCUT2D eigenvalue weighted by molar-refractivity contribution is -0.137. The summed E-state index contributed by atoms with van der Waals surface area (Å²) in [6.07, 6.45) is -2.99. The number of amides is 2. The molecule has 0 radical (unpaired) electrons. The Morgan fingerprint density at radius 1 is 0.886 bits per heavy atom. The molecule has 5 rings (SSSR count). The number of carbonyl (C=O) groups is 1. The molecule has 2 amide bonds. The molecule has 0 aliphatic carbocycles. The summed E-state index contributed by atoms with van der Waals surface area (Å²) in [5.74, 6) is 1.41. The highest BCUT2D eigenvalue weighted by molar-refractivity contribution is 7.99. The summed E-state index contributed by atoms with van der Waals surface area (Å²) in [7, 11) is 3.11. The van der Waals surface area contributed by atoms with Crippen LogP contribution in [0.2, 0.25) is 0 Å². The number of anilines is 2. The molecule has 0 saturated heterocycles. The van der Waals surface area contributed by atoms with Crippen LogP contribution in [0, 0.1) is 0 Å². The number of nitrogens with zero attached hydrogens (tertiary/aromatic N) is 4. The smallest absolute Gasteiger partial charge is 0.416 e. The zero-order chi connectivity index (χ0) is 31.6. The number of aromatic nitrogens is 4. The zero-order valence-electron chi connectivity index (χ0n) is 24.5. The van der Waals surface area contributed by atoms with E-state index in [9.17, 15) is 18.0 Å². The molecule has 0 aliphatic heterocycles. The number of urea groups is 1. The number of rotatable bonds is 7. The molecule has 0 atom stereocenters. The van der Waals surface area contributed by atoms with Gasteiger partial charge in [0, 0.05) is 33.5 Å².